The van der Waals surface area contributed by atoms with E-state index in [1.807, 2.05) is 0 Å². The molecule has 1 saturated heterocycles. The summed E-state index contributed by atoms with van der Waals surface area (Å²) in [5.41, 5.74) is 5.88. The Balaban J connectivity index is 1.98. The van der Waals surface area contributed by atoms with E-state index >= 15 is 0 Å². The van der Waals surface area contributed by atoms with Gasteiger partial charge in [0.15, 0.2) is 0 Å². The molecule has 1 unspecified atom stereocenters. The number of rotatable bonds is 4. The highest BCUT2D eigenvalue weighted by atomic mass is 16.5. The van der Waals surface area contributed by atoms with Crippen LogP contribution in [-0.2, 0) is 16.1 Å². The van der Waals surface area contributed by atoms with Crippen molar-refractivity contribution in [2.45, 2.75) is 13.0 Å². The maximum atomic E-state index is 12.1. The van der Waals surface area contributed by atoms with E-state index in [2.05, 4.69) is 0 Å². The van der Waals surface area contributed by atoms with Gasteiger partial charge in [0.1, 0.15) is 6.54 Å². The van der Waals surface area contributed by atoms with Crippen molar-refractivity contribution in [3.8, 4) is 0 Å². The monoisotopic (exact) mass is 265 g/mol. The molecule has 19 heavy (non-hydrogen) atoms. The van der Waals surface area contributed by atoms with Gasteiger partial charge in [-0.25, -0.2) is 0 Å². The predicted molar refractivity (Wildman–Crippen MR) is 71.7 cm³/mol. The highest BCUT2D eigenvalue weighted by Gasteiger charge is 2.26. The Morgan fingerprint density at radius 1 is 1.53 bits per heavy atom. The summed E-state index contributed by atoms with van der Waals surface area (Å²) in [5.74, 6) is 0.345. The van der Waals surface area contributed by atoms with Gasteiger partial charge in [0, 0.05) is 44.1 Å². The first-order chi connectivity index (χ1) is 9.10. The van der Waals surface area contributed by atoms with Crippen molar-refractivity contribution in [2.75, 3.05) is 32.5 Å². The lowest BCUT2D eigenvalue weighted by Gasteiger charge is -2.17. The Labute approximate surface area is 111 Å². The van der Waals surface area contributed by atoms with Gasteiger partial charge in [-0.15, -0.1) is 0 Å². The number of amides is 1. The van der Waals surface area contributed by atoms with E-state index in [0.29, 0.717) is 24.8 Å². The van der Waals surface area contributed by atoms with Gasteiger partial charge in [0.05, 0.1) is 6.61 Å². The molecular formula is C13H19N3O3. The molecule has 6 heteroatoms. The molecule has 1 aromatic heterocycles. The summed E-state index contributed by atoms with van der Waals surface area (Å²) in [7, 11) is 1.66. The molecule has 1 amide bonds. The minimum Gasteiger partial charge on any atom is -0.398 e. The number of hydrogen-bond donors (Lipinski definition) is 1. The van der Waals surface area contributed by atoms with Crippen molar-refractivity contribution in [3.05, 3.63) is 28.7 Å². The first kappa shape index (κ1) is 13.6. The molecule has 1 aliphatic rings. The summed E-state index contributed by atoms with van der Waals surface area (Å²) >= 11 is 0. The van der Waals surface area contributed by atoms with Crippen LogP contribution in [0.5, 0.6) is 0 Å². The molecule has 6 nitrogen and oxygen atoms in total. The van der Waals surface area contributed by atoms with E-state index in [0.717, 1.165) is 13.0 Å². The lowest BCUT2D eigenvalue weighted by molar-refractivity contribution is -0.131. The number of likely N-dealkylation sites (tertiary alicyclic amines) is 1. The maximum Gasteiger partial charge on any atom is 0.251 e. The third kappa shape index (κ3) is 3.35. The number of ether oxygens (including phenoxy) is 1. The Hall–Kier alpha value is -1.82. The smallest absolute Gasteiger partial charge is 0.251 e. The molecule has 0 spiro atoms. The summed E-state index contributed by atoms with van der Waals surface area (Å²) in [6.07, 6.45) is 2.45. The zero-order chi connectivity index (χ0) is 13.8. The third-order valence-electron chi connectivity index (χ3n) is 3.35. The van der Waals surface area contributed by atoms with Crippen LogP contribution in [0.4, 0.5) is 5.69 Å². The normalized spacial score (nSPS) is 18.8. The van der Waals surface area contributed by atoms with Crippen LogP contribution in [0.25, 0.3) is 0 Å². The standard InChI is InChI=1S/C13H19N3O3/c1-19-9-10-4-5-15(6-10)13(18)8-16-7-11(14)2-3-12(16)17/h2-3,7,10H,4-6,8-9,14H2,1H3. The second kappa shape index (κ2) is 5.88. The highest BCUT2D eigenvalue weighted by Crippen LogP contribution is 2.16. The van der Waals surface area contributed by atoms with E-state index in [-0.39, 0.29) is 18.0 Å². The summed E-state index contributed by atoms with van der Waals surface area (Å²) < 4.78 is 6.45. The Morgan fingerprint density at radius 2 is 2.32 bits per heavy atom. The van der Waals surface area contributed by atoms with Gasteiger partial charge < -0.3 is 19.9 Å². The maximum absolute atomic E-state index is 12.1. The zero-order valence-electron chi connectivity index (χ0n) is 11.0. The van der Waals surface area contributed by atoms with Crippen LogP contribution < -0.4 is 11.3 Å². The Morgan fingerprint density at radius 3 is 3.05 bits per heavy atom. The molecule has 1 aromatic rings. The second-order valence-electron chi connectivity index (χ2n) is 4.88. The van der Waals surface area contributed by atoms with Crippen molar-refractivity contribution >= 4 is 11.6 Å². The summed E-state index contributed by atoms with van der Waals surface area (Å²) in [6.45, 7) is 2.14. The molecule has 1 aliphatic heterocycles. The topological polar surface area (TPSA) is 77.6 Å². The SMILES string of the molecule is COCC1CCN(C(=O)Cn2cc(N)ccc2=O)C1. The van der Waals surface area contributed by atoms with Crippen LogP contribution in [0.1, 0.15) is 6.42 Å². The number of carbonyl (C=O) groups is 1. The average molecular weight is 265 g/mol. The zero-order valence-corrected chi connectivity index (χ0v) is 11.0. The third-order valence-corrected chi connectivity index (χ3v) is 3.35. The van der Waals surface area contributed by atoms with Gasteiger partial charge in [-0.2, -0.15) is 0 Å². The molecule has 2 heterocycles. The van der Waals surface area contributed by atoms with Crippen LogP contribution in [0.3, 0.4) is 0 Å². The van der Waals surface area contributed by atoms with Gasteiger partial charge in [-0.1, -0.05) is 0 Å². The second-order valence-corrected chi connectivity index (χ2v) is 4.88. The molecule has 1 fully saturated rings. The largest absolute Gasteiger partial charge is 0.398 e. The van der Waals surface area contributed by atoms with Gasteiger partial charge in [0.2, 0.25) is 5.91 Å². The number of aromatic nitrogens is 1. The Kier molecular flexibility index (Phi) is 4.21. The number of nitrogen functional groups attached to an aromatic ring is 1. The molecule has 0 saturated carbocycles. The number of methoxy groups -OCH3 is 1. The number of pyridine rings is 1. The predicted octanol–water partition coefficient (Wildman–Crippen LogP) is -0.0746. The molecular weight excluding hydrogens is 246 g/mol. The van der Waals surface area contributed by atoms with Gasteiger partial charge in [-0.05, 0) is 12.5 Å². The van der Waals surface area contributed by atoms with Crippen LogP contribution in [-0.4, -0.2) is 42.2 Å². The van der Waals surface area contributed by atoms with Crippen LogP contribution in [0.2, 0.25) is 0 Å². The number of nitrogens with two attached hydrogens (primary N) is 1. The van der Waals surface area contributed by atoms with Crippen molar-refractivity contribution in [1.29, 1.82) is 0 Å². The quantitative estimate of drug-likeness (QED) is 0.826. The van der Waals surface area contributed by atoms with Crippen LogP contribution >= 0.6 is 0 Å². The number of carbonyl (C=O) groups excluding carboxylic acids is 1. The lowest BCUT2D eigenvalue weighted by atomic mass is 10.1. The average Bonchev–Trinajstić information content (AvgIpc) is 2.83. The van der Waals surface area contributed by atoms with Crippen LogP contribution in [0.15, 0.2) is 23.1 Å². The first-order valence-corrected chi connectivity index (χ1v) is 6.33. The van der Waals surface area contributed by atoms with Crippen molar-refractivity contribution in [1.82, 2.24) is 9.47 Å². The molecule has 0 aliphatic carbocycles. The molecule has 0 bridgehead atoms. The van der Waals surface area contributed by atoms with E-state index < -0.39 is 0 Å². The first-order valence-electron chi connectivity index (χ1n) is 6.33. The summed E-state index contributed by atoms with van der Waals surface area (Å²) in [6, 6.07) is 2.91. The lowest BCUT2D eigenvalue weighted by Crippen LogP contribution is -2.35. The number of nitrogens with zero attached hydrogens (tertiary/aromatic N) is 2. The van der Waals surface area contributed by atoms with Crippen molar-refractivity contribution in [2.24, 2.45) is 5.92 Å². The fraction of sp³-hybridized carbons (Fsp3) is 0.538. The molecule has 2 rings (SSSR count). The van der Waals surface area contributed by atoms with E-state index in [1.54, 1.807) is 12.0 Å². The van der Waals surface area contributed by atoms with Gasteiger partial charge in [-0.3, -0.25) is 9.59 Å². The fourth-order valence-corrected chi connectivity index (χ4v) is 2.35. The molecule has 1 atom stereocenters. The van der Waals surface area contributed by atoms with Gasteiger partial charge >= 0.3 is 0 Å². The van der Waals surface area contributed by atoms with E-state index in [1.165, 1.54) is 22.9 Å². The number of hydrogen-bond acceptors (Lipinski definition) is 4. The summed E-state index contributed by atoms with van der Waals surface area (Å²) in [4.78, 5) is 25.5. The highest BCUT2D eigenvalue weighted by molar-refractivity contribution is 5.76. The minimum absolute atomic E-state index is 0.0452. The molecule has 104 valence electrons. The van der Waals surface area contributed by atoms with Crippen LogP contribution in [0, 0.1) is 5.92 Å². The number of anilines is 1. The minimum atomic E-state index is -0.213. The van der Waals surface area contributed by atoms with Crippen molar-refractivity contribution in [3.63, 3.8) is 0 Å². The molecule has 2 N–H and O–H groups in total. The van der Waals surface area contributed by atoms with Crippen molar-refractivity contribution < 1.29 is 9.53 Å². The van der Waals surface area contributed by atoms with Gasteiger partial charge in [0.25, 0.3) is 5.56 Å². The fourth-order valence-electron chi connectivity index (χ4n) is 2.35. The van der Waals surface area contributed by atoms with E-state index in [9.17, 15) is 9.59 Å². The van der Waals surface area contributed by atoms with E-state index in [4.69, 9.17) is 10.5 Å². The molecule has 0 aromatic carbocycles. The Bertz CT molecular complexity index is 512. The molecule has 0 radical (unpaired) electrons. The summed E-state index contributed by atoms with van der Waals surface area (Å²) in [5, 5.41) is 0.